The van der Waals surface area contributed by atoms with Crippen LogP contribution in [0.3, 0.4) is 0 Å². The normalized spacial score (nSPS) is 25.2. The molecule has 0 spiro atoms. The second-order valence-electron chi connectivity index (χ2n) is 5.02. The van der Waals surface area contributed by atoms with Crippen molar-refractivity contribution in [1.82, 2.24) is 9.80 Å². The van der Waals surface area contributed by atoms with Crippen LogP contribution in [0.2, 0.25) is 0 Å². The summed E-state index contributed by atoms with van der Waals surface area (Å²) < 4.78 is 0. The smallest absolute Gasteiger partial charge is 0.312 e. The summed E-state index contributed by atoms with van der Waals surface area (Å²) >= 11 is 0. The van der Waals surface area contributed by atoms with Gasteiger partial charge in [0, 0.05) is 38.5 Å². The van der Waals surface area contributed by atoms with Gasteiger partial charge in [0.2, 0.25) is 0 Å². The van der Waals surface area contributed by atoms with Gasteiger partial charge in [0.15, 0.2) is 0 Å². The van der Waals surface area contributed by atoms with Gasteiger partial charge < -0.3 is 9.80 Å². The summed E-state index contributed by atoms with van der Waals surface area (Å²) in [5.41, 5.74) is 0. The van der Waals surface area contributed by atoms with Crippen molar-refractivity contribution in [2.24, 2.45) is 5.92 Å². The molecular formula is C13H20N2O3. The molecule has 18 heavy (non-hydrogen) atoms. The van der Waals surface area contributed by atoms with E-state index in [1.54, 1.807) is 9.80 Å². The second kappa shape index (κ2) is 5.50. The molecule has 2 rings (SSSR count). The summed E-state index contributed by atoms with van der Waals surface area (Å²) in [4.78, 5) is 38.2. The Morgan fingerprint density at radius 2 is 1.78 bits per heavy atom. The second-order valence-corrected chi connectivity index (χ2v) is 5.02. The maximum atomic E-state index is 11.8. The highest BCUT2D eigenvalue weighted by molar-refractivity contribution is 6.35. The highest BCUT2D eigenvalue weighted by atomic mass is 16.2. The van der Waals surface area contributed by atoms with Crippen LogP contribution >= 0.6 is 0 Å². The number of likely N-dealkylation sites (N-methyl/N-ethyl adjacent to an activating group) is 1. The molecule has 0 N–H and O–H groups in total. The van der Waals surface area contributed by atoms with Crippen LogP contribution in [0.4, 0.5) is 0 Å². The molecule has 1 aliphatic heterocycles. The van der Waals surface area contributed by atoms with Crippen LogP contribution in [-0.4, -0.2) is 53.6 Å². The van der Waals surface area contributed by atoms with Gasteiger partial charge in [0.25, 0.3) is 0 Å². The standard InChI is InChI=1S/C13H20N2O3/c1-2-14-8-9-15(13(18)12(14)17)7-6-10-4-3-5-11(10)16/h10H,2-9H2,1H3. The molecule has 2 amide bonds. The van der Waals surface area contributed by atoms with Gasteiger partial charge in [-0.25, -0.2) is 0 Å². The van der Waals surface area contributed by atoms with Gasteiger partial charge in [-0.05, 0) is 26.2 Å². The predicted octanol–water partition coefficient (Wildman–Crippen LogP) is 0.436. The van der Waals surface area contributed by atoms with E-state index in [0.717, 1.165) is 12.8 Å². The van der Waals surface area contributed by atoms with Crippen LogP contribution in [0, 0.1) is 5.92 Å². The Kier molecular flexibility index (Phi) is 3.99. The van der Waals surface area contributed by atoms with Gasteiger partial charge in [-0.1, -0.05) is 0 Å². The number of amides is 2. The maximum absolute atomic E-state index is 11.8. The van der Waals surface area contributed by atoms with Gasteiger partial charge >= 0.3 is 11.8 Å². The maximum Gasteiger partial charge on any atom is 0.312 e. The Balaban J connectivity index is 1.85. The lowest BCUT2D eigenvalue weighted by atomic mass is 10.0. The van der Waals surface area contributed by atoms with Gasteiger partial charge in [-0.2, -0.15) is 0 Å². The fraction of sp³-hybridized carbons (Fsp3) is 0.769. The molecule has 1 atom stereocenters. The van der Waals surface area contributed by atoms with Crippen molar-refractivity contribution in [2.45, 2.75) is 32.6 Å². The van der Waals surface area contributed by atoms with E-state index in [-0.39, 0.29) is 5.92 Å². The van der Waals surface area contributed by atoms with E-state index in [9.17, 15) is 14.4 Å². The molecule has 0 radical (unpaired) electrons. The minimum absolute atomic E-state index is 0.108. The highest BCUT2D eigenvalue weighted by Crippen LogP contribution is 2.24. The fourth-order valence-corrected chi connectivity index (χ4v) is 2.73. The van der Waals surface area contributed by atoms with E-state index in [1.165, 1.54) is 0 Å². The lowest BCUT2D eigenvalue weighted by molar-refractivity contribution is -0.156. The zero-order valence-corrected chi connectivity index (χ0v) is 10.9. The van der Waals surface area contributed by atoms with E-state index in [1.807, 2.05) is 6.92 Å². The summed E-state index contributed by atoms with van der Waals surface area (Å²) in [7, 11) is 0. The highest BCUT2D eigenvalue weighted by Gasteiger charge is 2.32. The molecule has 5 heteroatoms. The van der Waals surface area contributed by atoms with Crippen LogP contribution in [0.15, 0.2) is 0 Å². The Labute approximate surface area is 107 Å². The Morgan fingerprint density at radius 3 is 2.39 bits per heavy atom. The largest absolute Gasteiger partial charge is 0.333 e. The van der Waals surface area contributed by atoms with Gasteiger partial charge in [0.05, 0.1) is 0 Å². The molecule has 0 bridgehead atoms. The number of hydrogen-bond acceptors (Lipinski definition) is 3. The first kappa shape index (κ1) is 13.1. The molecule has 1 aliphatic carbocycles. The molecule has 100 valence electrons. The third-order valence-electron chi connectivity index (χ3n) is 3.96. The first-order valence-corrected chi connectivity index (χ1v) is 6.74. The zero-order valence-electron chi connectivity index (χ0n) is 10.9. The zero-order chi connectivity index (χ0) is 13.1. The van der Waals surface area contributed by atoms with E-state index >= 15 is 0 Å². The Bertz CT molecular complexity index is 367. The van der Waals surface area contributed by atoms with Crippen LogP contribution in [0.1, 0.15) is 32.6 Å². The number of carbonyl (C=O) groups is 3. The average molecular weight is 252 g/mol. The Hall–Kier alpha value is -1.39. The molecule has 0 aromatic heterocycles. The van der Waals surface area contributed by atoms with E-state index in [4.69, 9.17) is 0 Å². The fourth-order valence-electron chi connectivity index (χ4n) is 2.73. The van der Waals surface area contributed by atoms with E-state index in [0.29, 0.717) is 44.8 Å². The summed E-state index contributed by atoms with van der Waals surface area (Å²) in [5, 5.41) is 0. The number of Topliss-reactive ketones (excluding diaryl/α,β-unsaturated/α-hetero) is 1. The molecule has 0 aromatic carbocycles. The number of rotatable bonds is 4. The predicted molar refractivity (Wildman–Crippen MR) is 65.8 cm³/mol. The van der Waals surface area contributed by atoms with E-state index < -0.39 is 11.8 Å². The number of piperazine rings is 1. The SMILES string of the molecule is CCN1CCN(CCC2CCCC2=O)C(=O)C1=O. The molecule has 5 nitrogen and oxygen atoms in total. The Morgan fingerprint density at radius 1 is 1.11 bits per heavy atom. The number of nitrogens with zero attached hydrogens (tertiary/aromatic N) is 2. The topological polar surface area (TPSA) is 57.7 Å². The van der Waals surface area contributed by atoms with Crippen LogP contribution < -0.4 is 0 Å². The lowest BCUT2D eigenvalue weighted by Gasteiger charge is -2.33. The van der Waals surface area contributed by atoms with Gasteiger partial charge in [-0.15, -0.1) is 0 Å². The average Bonchev–Trinajstić information content (AvgIpc) is 2.77. The van der Waals surface area contributed by atoms with Crippen molar-refractivity contribution in [3.63, 3.8) is 0 Å². The molecule has 1 heterocycles. The number of ketones is 1. The van der Waals surface area contributed by atoms with Crippen molar-refractivity contribution in [3.05, 3.63) is 0 Å². The molecule has 1 unspecified atom stereocenters. The summed E-state index contributed by atoms with van der Waals surface area (Å²) in [5.74, 6) is -0.381. The van der Waals surface area contributed by atoms with Gasteiger partial charge in [-0.3, -0.25) is 14.4 Å². The first-order valence-electron chi connectivity index (χ1n) is 6.74. The number of hydrogen-bond donors (Lipinski definition) is 0. The van der Waals surface area contributed by atoms with Crippen molar-refractivity contribution in [1.29, 1.82) is 0 Å². The van der Waals surface area contributed by atoms with Crippen molar-refractivity contribution in [2.75, 3.05) is 26.2 Å². The lowest BCUT2D eigenvalue weighted by Crippen LogP contribution is -2.54. The minimum atomic E-state index is -0.409. The summed E-state index contributed by atoms with van der Waals surface area (Å²) in [6.45, 7) is 4.20. The van der Waals surface area contributed by atoms with E-state index in [2.05, 4.69) is 0 Å². The van der Waals surface area contributed by atoms with Crippen molar-refractivity contribution in [3.8, 4) is 0 Å². The first-order chi connectivity index (χ1) is 8.63. The van der Waals surface area contributed by atoms with Crippen molar-refractivity contribution < 1.29 is 14.4 Å². The van der Waals surface area contributed by atoms with Gasteiger partial charge in [0.1, 0.15) is 5.78 Å². The summed E-state index contributed by atoms with van der Waals surface area (Å²) in [6.07, 6.45) is 3.31. The van der Waals surface area contributed by atoms with Crippen LogP contribution in [0.5, 0.6) is 0 Å². The van der Waals surface area contributed by atoms with Crippen molar-refractivity contribution >= 4 is 17.6 Å². The number of carbonyl (C=O) groups excluding carboxylic acids is 3. The molecule has 2 aliphatic rings. The quantitative estimate of drug-likeness (QED) is 0.682. The van der Waals surface area contributed by atoms with Crippen LogP contribution in [-0.2, 0) is 14.4 Å². The summed E-state index contributed by atoms with van der Waals surface area (Å²) in [6, 6.07) is 0. The molecular weight excluding hydrogens is 232 g/mol. The molecule has 1 saturated carbocycles. The third-order valence-corrected chi connectivity index (χ3v) is 3.96. The molecule has 2 fully saturated rings. The molecule has 1 saturated heterocycles. The minimum Gasteiger partial charge on any atom is -0.333 e. The monoisotopic (exact) mass is 252 g/mol. The molecule has 0 aromatic rings. The van der Waals surface area contributed by atoms with Crippen LogP contribution in [0.25, 0.3) is 0 Å². The third kappa shape index (κ3) is 2.54.